The Hall–Kier alpha value is -3.26. The van der Waals surface area contributed by atoms with Crippen LogP contribution in [0.15, 0.2) is 0 Å². The van der Waals surface area contributed by atoms with E-state index in [1.165, 1.54) is 6.92 Å². The summed E-state index contributed by atoms with van der Waals surface area (Å²) in [6, 6.07) is -4.61. The fraction of sp³-hybridized carbons (Fsp3) is 0.824. The van der Waals surface area contributed by atoms with Crippen molar-refractivity contribution in [3.63, 3.8) is 0 Å². The third kappa shape index (κ3) is 17.8. The van der Waals surface area contributed by atoms with Gasteiger partial charge in [-0.25, -0.2) is 0 Å². The average molecular weight is 686 g/mol. The quantitative estimate of drug-likeness (QED) is 0.0825. The molecule has 0 spiro atoms. The van der Waals surface area contributed by atoms with Crippen molar-refractivity contribution in [1.82, 2.24) is 26.6 Å². The number of hydrogen-bond acceptors (Lipinski definition) is 8. The highest BCUT2D eigenvalue weighted by atomic mass is 16.4. The Morgan fingerprint density at radius 1 is 0.479 bits per heavy atom. The lowest BCUT2D eigenvalue weighted by Gasteiger charge is -2.31. The molecule has 0 aromatic heterocycles. The molecule has 0 rings (SSSR count). The average Bonchev–Trinajstić information content (AvgIpc) is 2.91. The molecule has 278 valence electrons. The molecule has 0 bridgehead atoms. The Morgan fingerprint density at radius 2 is 0.875 bits per heavy atom. The lowest BCUT2D eigenvalue weighted by atomic mass is 9.95. The van der Waals surface area contributed by atoms with Gasteiger partial charge in [0.2, 0.25) is 29.5 Å². The number of amides is 5. The Balaban J connectivity index is 5.60. The van der Waals surface area contributed by atoms with Gasteiger partial charge in [0.05, 0.1) is 37.1 Å². The summed E-state index contributed by atoms with van der Waals surface area (Å²) < 4.78 is 0. The molecule has 14 nitrogen and oxygen atoms in total. The first-order valence-corrected chi connectivity index (χ1v) is 17.1. The molecule has 0 aliphatic heterocycles. The third-order valence-electron chi connectivity index (χ3n) is 7.69. The van der Waals surface area contributed by atoms with Gasteiger partial charge in [-0.2, -0.15) is 0 Å². The molecule has 0 unspecified atom stereocenters. The number of hydrogen-bond donors (Lipinski definition) is 8. The fourth-order valence-corrected chi connectivity index (χ4v) is 5.16. The smallest absolute Gasteiger partial charge is 0.306 e. The number of carboxylic acid groups (broad SMARTS) is 1. The van der Waals surface area contributed by atoms with Gasteiger partial charge in [0.1, 0.15) is 18.1 Å². The standard InChI is InChI=1S/C34H63N5O9/c1-17(2)12-23(37-33(47)31(21(9)10)39-34(48)30(20(7)8)38-27(42)14-19(5)6)25(40)15-28(43)35-22(11)32(46)36-24(13-18(3)4)26(41)16-29(44)45/h17-26,30-31,40-41H,12-16H2,1-11H3,(H,35,43)(H,36,46)(H,37,47)(H,38,42)(H,39,48)(H,44,45)/t22-,23-,24+,25+,26-,30-,31-/m1/s1. The van der Waals surface area contributed by atoms with E-state index in [1.54, 1.807) is 27.7 Å². The zero-order valence-corrected chi connectivity index (χ0v) is 30.8. The lowest BCUT2D eigenvalue weighted by Crippen LogP contribution is -2.59. The van der Waals surface area contributed by atoms with E-state index in [2.05, 4.69) is 26.6 Å². The van der Waals surface area contributed by atoms with Gasteiger partial charge in [-0.05, 0) is 49.4 Å². The van der Waals surface area contributed by atoms with E-state index in [-0.39, 0.29) is 41.9 Å². The van der Waals surface area contributed by atoms with Crippen molar-refractivity contribution in [3.8, 4) is 0 Å². The van der Waals surface area contributed by atoms with E-state index in [1.807, 2.05) is 41.5 Å². The molecule has 48 heavy (non-hydrogen) atoms. The first kappa shape index (κ1) is 44.7. The van der Waals surface area contributed by atoms with Crippen LogP contribution >= 0.6 is 0 Å². The van der Waals surface area contributed by atoms with Gasteiger partial charge in [-0.15, -0.1) is 0 Å². The van der Waals surface area contributed by atoms with E-state index >= 15 is 0 Å². The molecule has 0 aliphatic rings. The van der Waals surface area contributed by atoms with Crippen LogP contribution in [0.4, 0.5) is 0 Å². The minimum Gasteiger partial charge on any atom is -0.481 e. The van der Waals surface area contributed by atoms with E-state index in [9.17, 15) is 39.0 Å². The van der Waals surface area contributed by atoms with Crippen molar-refractivity contribution in [2.45, 2.75) is 151 Å². The Morgan fingerprint density at radius 3 is 1.29 bits per heavy atom. The summed E-state index contributed by atoms with van der Waals surface area (Å²) in [5.41, 5.74) is 0. The van der Waals surface area contributed by atoms with Crippen LogP contribution in [0.5, 0.6) is 0 Å². The molecule has 0 saturated carbocycles. The topological polar surface area (TPSA) is 223 Å². The molecule has 0 fully saturated rings. The summed E-state index contributed by atoms with van der Waals surface area (Å²) in [6.07, 6.45) is -2.76. The summed E-state index contributed by atoms with van der Waals surface area (Å²) >= 11 is 0. The highest BCUT2D eigenvalue weighted by molar-refractivity contribution is 5.92. The van der Waals surface area contributed by atoms with Crippen molar-refractivity contribution in [2.24, 2.45) is 29.6 Å². The molecule has 8 N–H and O–H groups in total. The number of carbonyl (C=O) groups excluding carboxylic acids is 5. The molecule has 0 aromatic carbocycles. The van der Waals surface area contributed by atoms with Crippen molar-refractivity contribution in [1.29, 1.82) is 0 Å². The molecule has 7 atom stereocenters. The first-order valence-electron chi connectivity index (χ1n) is 17.1. The summed E-state index contributed by atoms with van der Waals surface area (Å²) in [5.74, 6) is -4.25. The number of aliphatic hydroxyl groups is 2. The van der Waals surface area contributed by atoms with Crippen LogP contribution in [0.1, 0.15) is 108 Å². The molecule has 0 radical (unpaired) electrons. The van der Waals surface area contributed by atoms with Crippen molar-refractivity contribution in [2.75, 3.05) is 0 Å². The Labute approximate surface area is 286 Å². The highest BCUT2D eigenvalue weighted by Gasteiger charge is 2.34. The lowest BCUT2D eigenvalue weighted by molar-refractivity contribution is -0.140. The zero-order chi connectivity index (χ0) is 37.5. The van der Waals surface area contributed by atoms with E-state index in [4.69, 9.17) is 5.11 Å². The molecular formula is C34H63N5O9. The van der Waals surface area contributed by atoms with Gasteiger partial charge in [-0.3, -0.25) is 28.8 Å². The number of rotatable bonds is 22. The third-order valence-corrected chi connectivity index (χ3v) is 7.69. The maximum atomic E-state index is 13.5. The first-order chi connectivity index (χ1) is 22.0. The molecule has 0 aliphatic carbocycles. The Kier molecular flexibility index (Phi) is 20.2. The van der Waals surface area contributed by atoms with Crippen LogP contribution in [0.25, 0.3) is 0 Å². The summed E-state index contributed by atoms with van der Waals surface area (Å²) in [7, 11) is 0. The minimum atomic E-state index is -1.33. The largest absolute Gasteiger partial charge is 0.481 e. The maximum absolute atomic E-state index is 13.5. The number of carboxylic acids is 1. The number of nitrogens with one attached hydrogen (secondary N) is 5. The van der Waals surface area contributed by atoms with E-state index in [0.717, 1.165) is 0 Å². The minimum absolute atomic E-state index is 0.0152. The van der Waals surface area contributed by atoms with Crippen LogP contribution in [-0.2, 0) is 28.8 Å². The number of carbonyl (C=O) groups is 6. The SMILES string of the molecule is CC(C)CC(=O)N[C@@H](C(=O)N[C@@H](C(=O)N[C@H](CC(C)C)[C@@H](O)CC(=O)N[C@H](C)C(=O)N[C@@H](CC(C)C)[C@H](O)CC(=O)O)C(C)C)C(C)C. The zero-order valence-electron chi connectivity index (χ0n) is 30.8. The van der Waals surface area contributed by atoms with Gasteiger partial charge < -0.3 is 41.9 Å². The van der Waals surface area contributed by atoms with Crippen LogP contribution < -0.4 is 26.6 Å². The second-order valence-corrected chi connectivity index (χ2v) is 14.8. The maximum Gasteiger partial charge on any atom is 0.306 e. The molecule has 0 aromatic rings. The van der Waals surface area contributed by atoms with Gasteiger partial charge in [0.25, 0.3) is 0 Å². The van der Waals surface area contributed by atoms with E-state index < -0.39 is 84.9 Å². The number of aliphatic hydroxyl groups excluding tert-OH is 2. The summed E-state index contributed by atoms with van der Waals surface area (Å²) in [6.45, 7) is 19.8. The fourth-order valence-electron chi connectivity index (χ4n) is 5.16. The molecule has 0 saturated heterocycles. The van der Waals surface area contributed by atoms with Gasteiger partial charge in [-0.1, -0.05) is 69.2 Å². The molecular weight excluding hydrogens is 622 g/mol. The van der Waals surface area contributed by atoms with Gasteiger partial charge in [0, 0.05) is 6.42 Å². The Bertz CT molecular complexity index is 1060. The van der Waals surface area contributed by atoms with E-state index in [0.29, 0.717) is 12.8 Å². The van der Waals surface area contributed by atoms with Gasteiger partial charge in [0.15, 0.2) is 0 Å². The van der Waals surface area contributed by atoms with Crippen LogP contribution in [0.2, 0.25) is 0 Å². The summed E-state index contributed by atoms with van der Waals surface area (Å²) in [5, 5.41) is 43.9. The molecule has 5 amide bonds. The van der Waals surface area contributed by atoms with Crippen molar-refractivity contribution >= 4 is 35.5 Å². The second-order valence-electron chi connectivity index (χ2n) is 14.8. The van der Waals surface area contributed by atoms with Gasteiger partial charge >= 0.3 is 5.97 Å². The monoisotopic (exact) mass is 685 g/mol. The predicted octanol–water partition coefficient (Wildman–Crippen LogP) is 1.47. The van der Waals surface area contributed by atoms with Crippen molar-refractivity contribution in [3.05, 3.63) is 0 Å². The second kappa shape index (κ2) is 21.7. The van der Waals surface area contributed by atoms with Crippen LogP contribution in [-0.4, -0.2) is 93.2 Å². The summed E-state index contributed by atoms with van der Waals surface area (Å²) in [4.78, 5) is 75.9. The van der Waals surface area contributed by atoms with Crippen LogP contribution in [0, 0.1) is 29.6 Å². The molecule has 0 heterocycles. The molecule has 14 heteroatoms. The van der Waals surface area contributed by atoms with Crippen LogP contribution in [0.3, 0.4) is 0 Å². The predicted molar refractivity (Wildman–Crippen MR) is 182 cm³/mol. The normalized spacial score (nSPS) is 16.1. The highest BCUT2D eigenvalue weighted by Crippen LogP contribution is 2.15. The van der Waals surface area contributed by atoms with Crippen molar-refractivity contribution < 1.29 is 44.1 Å². The number of aliphatic carboxylic acids is 1.